The van der Waals surface area contributed by atoms with Gasteiger partial charge < -0.3 is 5.32 Å². The molecule has 3 heteroatoms. The first kappa shape index (κ1) is 15.5. The molecule has 0 saturated heterocycles. The fraction of sp³-hybridized carbons (Fsp3) is 0.833. The SMILES string of the molecule is CCC1CCCC(c2nc(C3CC3)c(CNC(C)C)s2)C1. The summed E-state index contributed by atoms with van der Waals surface area (Å²) in [4.78, 5) is 6.65. The maximum atomic E-state index is 5.12. The first-order valence-corrected chi connectivity index (χ1v) is 9.71. The van der Waals surface area contributed by atoms with Gasteiger partial charge in [0, 0.05) is 29.3 Å². The van der Waals surface area contributed by atoms with Gasteiger partial charge in [0.15, 0.2) is 0 Å². The number of thiazole rings is 1. The molecule has 0 amide bonds. The van der Waals surface area contributed by atoms with Gasteiger partial charge in [0.1, 0.15) is 0 Å². The van der Waals surface area contributed by atoms with Crippen LogP contribution in [0.25, 0.3) is 0 Å². The van der Waals surface area contributed by atoms with Gasteiger partial charge in [0.2, 0.25) is 0 Å². The number of rotatable bonds is 6. The van der Waals surface area contributed by atoms with E-state index >= 15 is 0 Å². The fourth-order valence-electron chi connectivity index (χ4n) is 3.54. The van der Waals surface area contributed by atoms with Crippen LogP contribution in [0.5, 0.6) is 0 Å². The lowest BCUT2D eigenvalue weighted by Gasteiger charge is -2.26. The molecule has 0 aliphatic heterocycles. The Morgan fingerprint density at radius 2 is 2.00 bits per heavy atom. The van der Waals surface area contributed by atoms with Crippen molar-refractivity contribution in [2.45, 2.75) is 90.1 Å². The van der Waals surface area contributed by atoms with Crippen molar-refractivity contribution in [3.05, 3.63) is 15.6 Å². The van der Waals surface area contributed by atoms with Crippen LogP contribution in [0.1, 0.15) is 93.1 Å². The molecule has 2 nitrogen and oxygen atoms in total. The van der Waals surface area contributed by atoms with E-state index in [0.29, 0.717) is 6.04 Å². The number of nitrogens with one attached hydrogen (secondary N) is 1. The van der Waals surface area contributed by atoms with Gasteiger partial charge in [-0.05, 0) is 31.6 Å². The third-order valence-corrected chi connectivity index (χ3v) is 6.32. The summed E-state index contributed by atoms with van der Waals surface area (Å²) < 4.78 is 0. The van der Waals surface area contributed by atoms with E-state index in [-0.39, 0.29) is 0 Å². The third-order valence-electron chi connectivity index (χ3n) is 5.09. The molecule has 1 heterocycles. The molecule has 1 aromatic rings. The van der Waals surface area contributed by atoms with E-state index in [2.05, 4.69) is 26.1 Å². The zero-order valence-electron chi connectivity index (χ0n) is 13.8. The molecule has 0 bridgehead atoms. The van der Waals surface area contributed by atoms with Crippen LogP contribution in [0.2, 0.25) is 0 Å². The Bertz CT molecular complexity index is 462. The first-order chi connectivity index (χ1) is 10.2. The highest BCUT2D eigenvalue weighted by atomic mass is 32.1. The molecule has 1 N–H and O–H groups in total. The molecule has 2 aliphatic rings. The Morgan fingerprint density at radius 3 is 2.67 bits per heavy atom. The van der Waals surface area contributed by atoms with Crippen molar-refractivity contribution < 1.29 is 0 Å². The summed E-state index contributed by atoms with van der Waals surface area (Å²) in [5, 5.41) is 5.05. The molecular weight excluding hydrogens is 276 g/mol. The molecule has 0 spiro atoms. The first-order valence-electron chi connectivity index (χ1n) is 8.90. The van der Waals surface area contributed by atoms with Crippen molar-refractivity contribution in [1.82, 2.24) is 10.3 Å². The van der Waals surface area contributed by atoms with Gasteiger partial charge in [-0.25, -0.2) is 4.98 Å². The third kappa shape index (κ3) is 3.87. The van der Waals surface area contributed by atoms with Crippen LogP contribution in [0.15, 0.2) is 0 Å². The van der Waals surface area contributed by atoms with Crippen molar-refractivity contribution in [1.29, 1.82) is 0 Å². The van der Waals surface area contributed by atoms with Crippen molar-refractivity contribution >= 4 is 11.3 Å². The lowest BCUT2D eigenvalue weighted by Crippen LogP contribution is -2.21. The molecule has 2 aliphatic carbocycles. The predicted octanol–water partition coefficient (Wildman–Crippen LogP) is 5.20. The molecule has 0 aromatic carbocycles. The average Bonchev–Trinajstić information content (AvgIpc) is 3.25. The molecule has 1 aromatic heterocycles. The zero-order chi connectivity index (χ0) is 14.8. The smallest absolute Gasteiger partial charge is 0.0962 e. The quantitative estimate of drug-likeness (QED) is 0.781. The summed E-state index contributed by atoms with van der Waals surface area (Å²) in [5.74, 6) is 2.47. The Hall–Kier alpha value is -0.410. The maximum absolute atomic E-state index is 5.12. The molecular formula is C18H30N2S. The van der Waals surface area contributed by atoms with Gasteiger partial charge in [-0.3, -0.25) is 0 Å². The van der Waals surface area contributed by atoms with Gasteiger partial charge in [0.05, 0.1) is 10.7 Å². The molecule has 3 rings (SSSR count). The van der Waals surface area contributed by atoms with Gasteiger partial charge in [0.25, 0.3) is 0 Å². The van der Waals surface area contributed by atoms with E-state index in [1.165, 1.54) is 60.5 Å². The molecule has 21 heavy (non-hydrogen) atoms. The zero-order valence-corrected chi connectivity index (χ0v) is 14.6. The Labute approximate surface area is 133 Å². The summed E-state index contributed by atoms with van der Waals surface area (Å²) >= 11 is 2.02. The van der Waals surface area contributed by atoms with Crippen LogP contribution in [0, 0.1) is 5.92 Å². The summed E-state index contributed by atoms with van der Waals surface area (Å²) in [6, 6.07) is 0.557. The highest BCUT2D eigenvalue weighted by molar-refractivity contribution is 7.11. The minimum absolute atomic E-state index is 0.557. The van der Waals surface area contributed by atoms with E-state index in [1.54, 1.807) is 0 Å². The van der Waals surface area contributed by atoms with Crippen LogP contribution < -0.4 is 5.32 Å². The van der Waals surface area contributed by atoms with E-state index < -0.39 is 0 Å². The molecule has 0 radical (unpaired) electrons. The van der Waals surface area contributed by atoms with Crippen LogP contribution >= 0.6 is 11.3 Å². The lowest BCUT2D eigenvalue weighted by molar-refractivity contribution is 0.314. The average molecular weight is 307 g/mol. The van der Waals surface area contributed by atoms with Crippen molar-refractivity contribution in [2.75, 3.05) is 0 Å². The second-order valence-corrected chi connectivity index (χ2v) is 8.42. The minimum Gasteiger partial charge on any atom is -0.310 e. The van der Waals surface area contributed by atoms with Crippen LogP contribution in [-0.4, -0.2) is 11.0 Å². The Kier molecular flexibility index (Phi) is 5.00. The number of nitrogens with zero attached hydrogens (tertiary/aromatic N) is 1. The van der Waals surface area contributed by atoms with Crippen molar-refractivity contribution in [3.63, 3.8) is 0 Å². The maximum Gasteiger partial charge on any atom is 0.0962 e. The summed E-state index contributed by atoms with van der Waals surface area (Å²) in [5.41, 5.74) is 1.45. The number of aromatic nitrogens is 1. The largest absolute Gasteiger partial charge is 0.310 e. The lowest BCUT2D eigenvalue weighted by atomic mass is 9.80. The standard InChI is InChI=1S/C18H30N2S/c1-4-13-6-5-7-15(10-13)18-20-17(14-8-9-14)16(21-18)11-19-12(2)3/h12-15,19H,4-11H2,1-3H3. The van der Waals surface area contributed by atoms with Crippen LogP contribution in [0.4, 0.5) is 0 Å². The van der Waals surface area contributed by atoms with Crippen LogP contribution in [0.3, 0.4) is 0 Å². The van der Waals surface area contributed by atoms with Gasteiger partial charge in [-0.1, -0.05) is 40.0 Å². The summed E-state index contributed by atoms with van der Waals surface area (Å²) in [7, 11) is 0. The van der Waals surface area contributed by atoms with E-state index in [1.807, 2.05) is 11.3 Å². The predicted molar refractivity (Wildman–Crippen MR) is 91.1 cm³/mol. The normalized spacial score (nSPS) is 26.5. The van der Waals surface area contributed by atoms with E-state index in [9.17, 15) is 0 Å². The Morgan fingerprint density at radius 1 is 1.19 bits per heavy atom. The topological polar surface area (TPSA) is 24.9 Å². The van der Waals surface area contributed by atoms with Gasteiger partial charge >= 0.3 is 0 Å². The highest BCUT2D eigenvalue weighted by Crippen LogP contribution is 2.46. The van der Waals surface area contributed by atoms with E-state index in [4.69, 9.17) is 4.98 Å². The molecule has 2 unspecified atom stereocenters. The fourth-order valence-corrected chi connectivity index (χ4v) is 4.79. The number of hydrogen-bond donors (Lipinski definition) is 1. The second-order valence-electron chi connectivity index (χ2n) is 7.31. The highest BCUT2D eigenvalue weighted by Gasteiger charge is 2.32. The van der Waals surface area contributed by atoms with Crippen LogP contribution in [-0.2, 0) is 6.54 Å². The monoisotopic (exact) mass is 306 g/mol. The van der Waals surface area contributed by atoms with Crippen molar-refractivity contribution in [3.8, 4) is 0 Å². The molecule has 118 valence electrons. The number of hydrogen-bond acceptors (Lipinski definition) is 3. The van der Waals surface area contributed by atoms with Gasteiger partial charge in [-0.15, -0.1) is 11.3 Å². The molecule has 2 atom stereocenters. The molecule has 2 fully saturated rings. The minimum atomic E-state index is 0.557. The molecule has 2 saturated carbocycles. The van der Waals surface area contributed by atoms with Crippen molar-refractivity contribution in [2.24, 2.45) is 5.92 Å². The van der Waals surface area contributed by atoms with E-state index in [0.717, 1.165) is 24.3 Å². The Balaban J connectivity index is 1.74. The summed E-state index contributed by atoms with van der Waals surface area (Å²) in [6.45, 7) is 7.82. The van der Waals surface area contributed by atoms with Gasteiger partial charge in [-0.2, -0.15) is 0 Å². The second kappa shape index (κ2) is 6.78. The summed E-state index contributed by atoms with van der Waals surface area (Å²) in [6.07, 6.45) is 9.66.